The monoisotopic (exact) mass is 330 g/mol. The third-order valence-electron chi connectivity index (χ3n) is 2.67. The molecule has 0 spiro atoms. The standard InChI is InChI=1S/C13H13F3N4OS/c1-9(11(21)17-7-13(14,15)16)22-12-19-18-8-20(12)10-5-3-2-4-6-10/h2-6,8-9H,7H2,1H3,(H,17,21). The maximum atomic E-state index is 12.1. The molecule has 0 saturated heterocycles. The zero-order valence-corrected chi connectivity index (χ0v) is 12.4. The Balaban J connectivity index is 2.02. The van der Waals surface area contributed by atoms with Crippen LogP contribution in [0.3, 0.4) is 0 Å². The van der Waals surface area contributed by atoms with Crippen molar-refractivity contribution in [2.75, 3.05) is 6.54 Å². The summed E-state index contributed by atoms with van der Waals surface area (Å²) in [5.41, 5.74) is 0.804. The fraction of sp³-hybridized carbons (Fsp3) is 0.308. The summed E-state index contributed by atoms with van der Waals surface area (Å²) in [6.45, 7) is 0.169. The highest BCUT2D eigenvalue weighted by Crippen LogP contribution is 2.24. The molecule has 22 heavy (non-hydrogen) atoms. The molecule has 0 aliphatic rings. The summed E-state index contributed by atoms with van der Waals surface area (Å²) in [7, 11) is 0. The quantitative estimate of drug-likeness (QED) is 0.856. The Morgan fingerprint density at radius 2 is 2.05 bits per heavy atom. The summed E-state index contributed by atoms with van der Waals surface area (Å²) in [4.78, 5) is 11.7. The molecule has 0 bridgehead atoms. The first-order valence-corrected chi connectivity index (χ1v) is 7.21. The van der Waals surface area contributed by atoms with Crippen molar-refractivity contribution in [2.45, 2.75) is 23.5 Å². The van der Waals surface area contributed by atoms with Crippen LogP contribution in [0.25, 0.3) is 5.69 Å². The molecule has 5 nitrogen and oxygen atoms in total. The topological polar surface area (TPSA) is 59.8 Å². The SMILES string of the molecule is CC(Sc1nncn1-c1ccccc1)C(=O)NCC(F)(F)F. The van der Waals surface area contributed by atoms with E-state index in [-0.39, 0.29) is 0 Å². The van der Waals surface area contributed by atoms with Gasteiger partial charge in [0.1, 0.15) is 12.9 Å². The molecule has 0 aliphatic carbocycles. The molecule has 0 saturated carbocycles. The average molecular weight is 330 g/mol. The van der Waals surface area contributed by atoms with Gasteiger partial charge in [-0.15, -0.1) is 10.2 Å². The highest BCUT2D eigenvalue weighted by atomic mass is 32.2. The summed E-state index contributed by atoms with van der Waals surface area (Å²) in [6, 6.07) is 9.20. The van der Waals surface area contributed by atoms with Crippen LogP contribution in [-0.2, 0) is 4.79 Å². The molecule has 1 atom stereocenters. The van der Waals surface area contributed by atoms with Gasteiger partial charge in [0, 0.05) is 5.69 Å². The van der Waals surface area contributed by atoms with Gasteiger partial charge in [0.2, 0.25) is 5.91 Å². The van der Waals surface area contributed by atoms with Crippen LogP contribution in [0.15, 0.2) is 41.8 Å². The number of halogens is 3. The number of thioether (sulfide) groups is 1. The Bertz CT molecular complexity index is 630. The molecule has 0 fully saturated rings. The van der Waals surface area contributed by atoms with Crippen LogP contribution in [0, 0.1) is 0 Å². The third kappa shape index (κ3) is 4.48. The second kappa shape index (κ2) is 6.82. The second-order valence-corrected chi connectivity index (χ2v) is 5.72. The van der Waals surface area contributed by atoms with E-state index in [1.807, 2.05) is 35.6 Å². The number of nitrogens with one attached hydrogen (secondary N) is 1. The second-order valence-electron chi connectivity index (χ2n) is 4.41. The van der Waals surface area contributed by atoms with Gasteiger partial charge in [0.25, 0.3) is 0 Å². The molecule has 9 heteroatoms. The van der Waals surface area contributed by atoms with Crippen LogP contribution < -0.4 is 5.32 Å². The third-order valence-corrected chi connectivity index (χ3v) is 3.72. The number of alkyl halides is 3. The number of rotatable bonds is 5. The summed E-state index contributed by atoms with van der Waals surface area (Å²) in [6.07, 6.45) is -2.94. The molecule has 1 N–H and O–H groups in total. The number of carbonyl (C=O) groups excluding carboxylic acids is 1. The predicted molar refractivity (Wildman–Crippen MR) is 75.7 cm³/mol. The zero-order valence-electron chi connectivity index (χ0n) is 11.5. The molecule has 1 unspecified atom stereocenters. The van der Waals surface area contributed by atoms with E-state index in [0.717, 1.165) is 17.4 Å². The molecule has 118 valence electrons. The number of benzene rings is 1. The van der Waals surface area contributed by atoms with Gasteiger partial charge in [-0.2, -0.15) is 13.2 Å². The van der Waals surface area contributed by atoms with Crippen molar-refractivity contribution in [3.05, 3.63) is 36.7 Å². The summed E-state index contributed by atoms with van der Waals surface area (Å²) >= 11 is 1.04. The van der Waals surface area contributed by atoms with Gasteiger partial charge in [-0.3, -0.25) is 9.36 Å². The Morgan fingerprint density at radius 3 is 2.68 bits per heavy atom. The fourth-order valence-corrected chi connectivity index (χ4v) is 2.48. The van der Waals surface area contributed by atoms with E-state index in [9.17, 15) is 18.0 Å². The molecule has 0 aliphatic heterocycles. The number of nitrogens with zero attached hydrogens (tertiary/aromatic N) is 3. The molecule has 0 radical (unpaired) electrons. The summed E-state index contributed by atoms with van der Waals surface area (Å²) in [5, 5.41) is 9.23. The molecule has 2 rings (SSSR count). The highest BCUT2D eigenvalue weighted by Gasteiger charge is 2.29. The van der Waals surface area contributed by atoms with Gasteiger partial charge >= 0.3 is 6.18 Å². The fourth-order valence-electron chi connectivity index (χ4n) is 1.61. The number of aromatic nitrogens is 3. The number of hydrogen-bond donors (Lipinski definition) is 1. The first kappa shape index (κ1) is 16.3. The lowest BCUT2D eigenvalue weighted by Gasteiger charge is -2.13. The van der Waals surface area contributed by atoms with Gasteiger partial charge in [0.15, 0.2) is 5.16 Å². The van der Waals surface area contributed by atoms with Gasteiger partial charge < -0.3 is 5.32 Å². The van der Waals surface area contributed by atoms with Crippen molar-refractivity contribution >= 4 is 17.7 Å². The normalized spacial score (nSPS) is 12.9. The molecule has 1 aromatic heterocycles. The number of carbonyl (C=O) groups is 1. The van der Waals surface area contributed by atoms with E-state index in [0.29, 0.717) is 5.16 Å². The Labute approximate surface area is 128 Å². The van der Waals surface area contributed by atoms with Crippen molar-refractivity contribution in [1.82, 2.24) is 20.1 Å². The Kier molecular flexibility index (Phi) is 5.07. The van der Waals surface area contributed by atoms with Crippen LogP contribution in [-0.4, -0.2) is 38.6 Å². The van der Waals surface area contributed by atoms with E-state index in [4.69, 9.17) is 0 Å². The van der Waals surface area contributed by atoms with Crippen LogP contribution in [0.4, 0.5) is 13.2 Å². The van der Waals surface area contributed by atoms with E-state index in [1.165, 1.54) is 13.3 Å². The van der Waals surface area contributed by atoms with E-state index in [1.54, 1.807) is 4.57 Å². The minimum Gasteiger partial charge on any atom is -0.346 e. The number of para-hydroxylation sites is 1. The van der Waals surface area contributed by atoms with Crippen LogP contribution in [0.5, 0.6) is 0 Å². The lowest BCUT2D eigenvalue weighted by molar-refractivity contribution is -0.137. The number of hydrogen-bond acceptors (Lipinski definition) is 4. The van der Waals surface area contributed by atoms with Crippen molar-refractivity contribution in [3.8, 4) is 5.69 Å². The van der Waals surface area contributed by atoms with Gasteiger partial charge in [-0.05, 0) is 19.1 Å². The Hall–Kier alpha value is -2.03. The smallest absolute Gasteiger partial charge is 0.346 e. The maximum absolute atomic E-state index is 12.1. The maximum Gasteiger partial charge on any atom is 0.405 e. The number of amides is 1. The van der Waals surface area contributed by atoms with E-state index in [2.05, 4.69) is 10.2 Å². The van der Waals surface area contributed by atoms with E-state index >= 15 is 0 Å². The Morgan fingerprint density at radius 1 is 1.36 bits per heavy atom. The van der Waals surface area contributed by atoms with Crippen molar-refractivity contribution in [3.63, 3.8) is 0 Å². The molecular weight excluding hydrogens is 317 g/mol. The first-order chi connectivity index (χ1) is 10.4. The minimum absolute atomic E-state index is 0.431. The van der Waals surface area contributed by atoms with Gasteiger partial charge in [-0.1, -0.05) is 30.0 Å². The van der Waals surface area contributed by atoms with Crippen molar-refractivity contribution in [2.24, 2.45) is 0 Å². The summed E-state index contributed by atoms with van der Waals surface area (Å²) in [5.74, 6) is -0.704. The van der Waals surface area contributed by atoms with Crippen molar-refractivity contribution in [1.29, 1.82) is 0 Å². The molecular formula is C13H13F3N4OS. The first-order valence-electron chi connectivity index (χ1n) is 6.33. The zero-order chi connectivity index (χ0) is 16.2. The molecule has 1 amide bonds. The minimum atomic E-state index is -4.43. The molecule has 2 aromatic rings. The largest absolute Gasteiger partial charge is 0.405 e. The van der Waals surface area contributed by atoms with Crippen LogP contribution in [0.1, 0.15) is 6.92 Å². The lowest BCUT2D eigenvalue weighted by Crippen LogP contribution is -2.38. The predicted octanol–water partition coefficient (Wildman–Crippen LogP) is 2.43. The van der Waals surface area contributed by atoms with Gasteiger partial charge in [-0.25, -0.2) is 0 Å². The van der Waals surface area contributed by atoms with Crippen LogP contribution in [0.2, 0.25) is 0 Å². The molecule has 1 heterocycles. The van der Waals surface area contributed by atoms with Crippen LogP contribution >= 0.6 is 11.8 Å². The molecule has 1 aromatic carbocycles. The van der Waals surface area contributed by atoms with E-state index < -0.39 is 23.9 Å². The summed E-state index contributed by atoms with van der Waals surface area (Å²) < 4.78 is 37.9. The average Bonchev–Trinajstić information content (AvgIpc) is 2.93. The highest BCUT2D eigenvalue weighted by molar-refractivity contribution is 8.00. The van der Waals surface area contributed by atoms with Crippen molar-refractivity contribution < 1.29 is 18.0 Å². The lowest BCUT2D eigenvalue weighted by atomic mass is 10.3. The van der Waals surface area contributed by atoms with Gasteiger partial charge in [0.05, 0.1) is 5.25 Å².